The van der Waals surface area contributed by atoms with Gasteiger partial charge in [0.05, 0.1) is 7.11 Å². The van der Waals surface area contributed by atoms with Crippen LogP contribution in [0.25, 0.3) is 22.1 Å². The lowest BCUT2D eigenvalue weighted by atomic mass is 10.0. The van der Waals surface area contributed by atoms with Gasteiger partial charge in [0, 0.05) is 33.0 Å². The number of esters is 1. The van der Waals surface area contributed by atoms with Crippen LogP contribution in [0.15, 0.2) is 57.7 Å². The summed E-state index contributed by atoms with van der Waals surface area (Å²) in [7, 11) is 1.28. The minimum absolute atomic E-state index is 0.253. The summed E-state index contributed by atoms with van der Waals surface area (Å²) >= 11 is 7.39. The van der Waals surface area contributed by atoms with Crippen LogP contribution in [0.3, 0.4) is 0 Å². The zero-order valence-electron chi connectivity index (χ0n) is 18.6. The maximum Gasteiger partial charge on any atom is 0.341 e. The van der Waals surface area contributed by atoms with Crippen LogP contribution in [0.1, 0.15) is 20.8 Å². The molecule has 0 saturated carbocycles. The molecule has 4 aromatic rings. The minimum atomic E-state index is -0.574. The molecule has 9 heteroatoms. The number of anilines is 1. The molecule has 34 heavy (non-hydrogen) atoms. The van der Waals surface area contributed by atoms with Crippen molar-refractivity contribution in [3.8, 4) is 16.9 Å². The molecule has 0 unspecified atom stereocenters. The van der Waals surface area contributed by atoms with Crippen molar-refractivity contribution in [2.75, 3.05) is 19.0 Å². The number of rotatable bonds is 6. The van der Waals surface area contributed by atoms with E-state index in [0.29, 0.717) is 26.9 Å². The first-order valence-corrected chi connectivity index (χ1v) is 11.4. The van der Waals surface area contributed by atoms with Crippen LogP contribution in [0.2, 0.25) is 5.02 Å². The molecule has 0 spiro atoms. The fourth-order valence-corrected chi connectivity index (χ4v) is 4.90. The number of nitrogens with one attached hydrogen (secondary N) is 1. The van der Waals surface area contributed by atoms with Crippen molar-refractivity contribution >= 4 is 50.8 Å². The number of amides is 1. The second-order valence-corrected chi connectivity index (χ2v) is 9.14. The lowest BCUT2D eigenvalue weighted by Gasteiger charge is -2.10. The molecule has 0 fully saturated rings. The zero-order chi connectivity index (χ0) is 24.4. The van der Waals surface area contributed by atoms with Crippen LogP contribution in [0, 0.1) is 13.8 Å². The van der Waals surface area contributed by atoms with E-state index in [-0.39, 0.29) is 12.2 Å². The van der Waals surface area contributed by atoms with E-state index in [0.717, 1.165) is 21.4 Å². The normalized spacial score (nSPS) is 10.8. The van der Waals surface area contributed by atoms with Crippen LogP contribution in [0.4, 0.5) is 5.00 Å². The summed E-state index contributed by atoms with van der Waals surface area (Å²) in [5.41, 5.74) is 2.34. The van der Waals surface area contributed by atoms with E-state index < -0.39 is 17.5 Å². The Morgan fingerprint density at radius 1 is 1.12 bits per heavy atom. The minimum Gasteiger partial charge on any atom is -0.484 e. The number of hydrogen-bond donors (Lipinski definition) is 1. The van der Waals surface area contributed by atoms with Crippen molar-refractivity contribution in [1.29, 1.82) is 0 Å². The van der Waals surface area contributed by atoms with E-state index >= 15 is 0 Å². The molecule has 4 rings (SSSR count). The second-order valence-electron chi connectivity index (χ2n) is 7.48. The zero-order valence-corrected chi connectivity index (χ0v) is 20.1. The third-order valence-electron chi connectivity index (χ3n) is 5.13. The molecule has 1 N–H and O–H groups in total. The van der Waals surface area contributed by atoms with E-state index in [9.17, 15) is 14.4 Å². The van der Waals surface area contributed by atoms with E-state index in [2.05, 4.69) is 5.32 Å². The van der Waals surface area contributed by atoms with Gasteiger partial charge in [0.2, 0.25) is 0 Å². The molecule has 0 aliphatic rings. The maximum absolute atomic E-state index is 12.7. The van der Waals surface area contributed by atoms with Crippen LogP contribution in [-0.2, 0) is 9.53 Å². The van der Waals surface area contributed by atoms with Gasteiger partial charge in [0.15, 0.2) is 6.61 Å². The number of carbonyl (C=O) groups excluding carboxylic acids is 2. The molecular formula is C25H20ClNO6S. The van der Waals surface area contributed by atoms with Crippen LogP contribution in [-0.4, -0.2) is 25.6 Å². The van der Waals surface area contributed by atoms with Crippen molar-refractivity contribution in [2.45, 2.75) is 13.8 Å². The Morgan fingerprint density at radius 3 is 2.65 bits per heavy atom. The first kappa shape index (κ1) is 23.5. The van der Waals surface area contributed by atoms with Crippen molar-refractivity contribution in [3.05, 3.63) is 80.0 Å². The highest BCUT2D eigenvalue weighted by molar-refractivity contribution is 7.17. The molecule has 174 valence electrons. The standard InChI is InChI=1S/C25H20ClNO6S/c1-13-9-21(29)33-19-11-17(7-8-18(13)19)32-12-20(28)27-24-23(25(30)31-3)22(14(2)34-24)15-5-4-6-16(26)10-15/h4-11H,12H2,1-3H3,(H,27,28). The van der Waals surface area contributed by atoms with Gasteiger partial charge in [-0.05, 0) is 49.2 Å². The largest absolute Gasteiger partial charge is 0.484 e. The van der Waals surface area contributed by atoms with Crippen molar-refractivity contribution in [3.63, 3.8) is 0 Å². The molecule has 7 nitrogen and oxygen atoms in total. The van der Waals surface area contributed by atoms with Gasteiger partial charge in [-0.1, -0.05) is 23.7 Å². The summed E-state index contributed by atoms with van der Waals surface area (Å²) < 4.78 is 15.8. The topological polar surface area (TPSA) is 94.8 Å². The van der Waals surface area contributed by atoms with Gasteiger partial charge in [0.1, 0.15) is 21.9 Å². The predicted molar refractivity (Wildman–Crippen MR) is 132 cm³/mol. The lowest BCUT2D eigenvalue weighted by molar-refractivity contribution is -0.118. The monoisotopic (exact) mass is 497 g/mol. The average molecular weight is 498 g/mol. The van der Waals surface area contributed by atoms with Gasteiger partial charge in [-0.25, -0.2) is 9.59 Å². The molecule has 0 radical (unpaired) electrons. The molecule has 0 bridgehead atoms. The summed E-state index contributed by atoms with van der Waals surface area (Å²) in [5.74, 6) is -0.670. The second kappa shape index (κ2) is 9.70. The van der Waals surface area contributed by atoms with E-state index in [1.807, 2.05) is 19.9 Å². The van der Waals surface area contributed by atoms with Crippen molar-refractivity contribution in [1.82, 2.24) is 0 Å². The summed E-state index contributed by atoms with van der Waals surface area (Å²) in [6.45, 7) is 3.35. The van der Waals surface area contributed by atoms with E-state index in [4.69, 9.17) is 25.5 Å². The highest BCUT2D eigenvalue weighted by Crippen LogP contribution is 2.41. The summed E-state index contributed by atoms with van der Waals surface area (Å²) in [5, 5.41) is 4.41. The molecule has 0 saturated heterocycles. The Labute approximate surface area is 203 Å². The quantitative estimate of drug-likeness (QED) is 0.275. The molecule has 0 aliphatic carbocycles. The molecule has 2 aromatic carbocycles. The third-order valence-corrected chi connectivity index (χ3v) is 6.39. The Kier molecular flexibility index (Phi) is 6.72. The number of hydrogen-bond acceptors (Lipinski definition) is 7. The number of halogens is 1. The van der Waals surface area contributed by atoms with Gasteiger partial charge < -0.3 is 19.2 Å². The van der Waals surface area contributed by atoms with Gasteiger partial charge in [0.25, 0.3) is 5.91 Å². The fraction of sp³-hybridized carbons (Fsp3) is 0.160. The third kappa shape index (κ3) is 4.83. The molecule has 2 heterocycles. The Bertz CT molecular complexity index is 1470. The number of thiophene rings is 1. The molecule has 0 atom stereocenters. The van der Waals surface area contributed by atoms with Gasteiger partial charge in [-0.15, -0.1) is 11.3 Å². The van der Waals surface area contributed by atoms with E-state index in [1.165, 1.54) is 24.5 Å². The fourth-order valence-electron chi connectivity index (χ4n) is 3.63. The summed E-state index contributed by atoms with van der Waals surface area (Å²) in [6, 6.07) is 13.5. The van der Waals surface area contributed by atoms with Crippen LogP contribution in [0.5, 0.6) is 5.75 Å². The number of fused-ring (bicyclic) bond motifs is 1. The average Bonchev–Trinajstić information content (AvgIpc) is 3.12. The van der Waals surface area contributed by atoms with Crippen LogP contribution < -0.4 is 15.7 Å². The summed E-state index contributed by atoms with van der Waals surface area (Å²) in [6.07, 6.45) is 0. The number of aryl methyl sites for hydroxylation is 2. The molecule has 1 amide bonds. The number of carbonyl (C=O) groups is 2. The van der Waals surface area contributed by atoms with Crippen molar-refractivity contribution in [2.24, 2.45) is 0 Å². The molecule has 2 aromatic heterocycles. The summed E-state index contributed by atoms with van der Waals surface area (Å²) in [4.78, 5) is 37.7. The van der Waals surface area contributed by atoms with E-state index in [1.54, 1.807) is 36.4 Å². The first-order chi connectivity index (χ1) is 16.3. The Balaban J connectivity index is 1.56. The molecular weight excluding hydrogens is 478 g/mol. The van der Waals surface area contributed by atoms with Crippen LogP contribution >= 0.6 is 22.9 Å². The molecule has 0 aliphatic heterocycles. The predicted octanol–water partition coefficient (Wildman–Crippen LogP) is 5.60. The first-order valence-electron chi connectivity index (χ1n) is 10.2. The smallest absolute Gasteiger partial charge is 0.341 e. The highest BCUT2D eigenvalue weighted by Gasteiger charge is 2.25. The number of methoxy groups -OCH3 is 1. The van der Waals surface area contributed by atoms with Gasteiger partial charge in [-0.2, -0.15) is 0 Å². The van der Waals surface area contributed by atoms with Gasteiger partial charge >= 0.3 is 11.6 Å². The lowest BCUT2D eigenvalue weighted by Crippen LogP contribution is -2.21. The number of ether oxygens (including phenoxy) is 2. The number of benzene rings is 2. The maximum atomic E-state index is 12.7. The van der Waals surface area contributed by atoms with Crippen molar-refractivity contribution < 1.29 is 23.5 Å². The SMILES string of the molecule is COC(=O)c1c(NC(=O)COc2ccc3c(C)cc(=O)oc3c2)sc(C)c1-c1cccc(Cl)c1. The highest BCUT2D eigenvalue weighted by atomic mass is 35.5. The Morgan fingerprint density at radius 2 is 1.91 bits per heavy atom. The Hall–Kier alpha value is -3.62. The van der Waals surface area contributed by atoms with Gasteiger partial charge in [-0.3, -0.25) is 4.79 Å².